The second kappa shape index (κ2) is 3.09. The number of ether oxygens (including phenoxy) is 1. The molecule has 15 heavy (non-hydrogen) atoms. The maximum absolute atomic E-state index is 11.8. The van der Waals surface area contributed by atoms with E-state index in [-0.39, 0.29) is 11.2 Å². The van der Waals surface area contributed by atoms with Crippen LogP contribution in [0.3, 0.4) is 0 Å². The maximum Gasteiger partial charge on any atom is 0.164 e. The molecule has 0 N–H and O–H groups in total. The van der Waals surface area contributed by atoms with E-state index in [2.05, 4.69) is 13.8 Å². The fraction of sp³-hybridized carbons (Fsp3) is 0.462. The summed E-state index contributed by atoms with van der Waals surface area (Å²) in [7, 11) is 1.67. The molecular formula is C13H16O2. The van der Waals surface area contributed by atoms with Crippen LogP contribution in [-0.2, 0) is 5.41 Å². The molecular weight excluding hydrogens is 188 g/mol. The fourth-order valence-electron chi connectivity index (χ4n) is 2.29. The molecule has 1 aromatic carbocycles. The van der Waals surface area contributed by atoms with Crippen LogP contribution in [0.5, 0.6) is 5.75 Å². The molecule has 2 nitrogen and oxygen atoms in total. The summed E-state index contributed by atoms with van der Waals surface area (Å²) in [6.07, 6.45) is 0.606. The Hall–Kier alpha value is -1.31. The fourth-order valence-corrected chi connectivity index (χ4v) is 2.29. The maximum atomic E-state index is 11.8. The van der Waals surface area contributed by atoms with E-state index in [0.29, 0.717) is 6.42 Å². The van der Waals surface area contributed by atoms with Crippen LogP contribution in [0.4, 0.5) is 0 Å². The lowest BCUT2D eigenvalue weighted by Gasteiger charge is -2.18. The number of fused-ring (bicyclic) bond motifs is 1. The molecule has 0 unspecified atom stereocenters. The van der Waals surface area contributed by atoms with Gasteiger partial charge in [0.1, 0.15) is 5.75 Å². The van der Waals surface area contributed by atoms with Crippen molar-refractivity contribution in [2.24, 2.45) is 0 Å². The molecule has 0 atom stereocenters. The molecule has 0 spiro atoms. The third kappa shape index (κ3) is 1.44. The molecule has 0 fully saturated rings. The quantitative estimate of drug-likeness (QED) is 0.703. The molecule has 1 aliphatic carbocycles. The van der Waals surface area contributed by atoms with Crippen molar-refractivity contribution < 1.29 is 9.53 Å². The molecule has 0 amide bonds. The van der Waals surface area contributed by atoms with Crippen molar-refractivity contribution >= 4 is 5.78 Å². The molecule has 80 valence electrons. The zero-order valence-electron chi connectivity index (χ0n) is 9.68. The molecule has 0 saturated heterocycles. The number of methoxy groups -OCH3 is 1. The summed E-state index contributed by atoms with van der Waals surface area (Å²) in [6, 6.07) is 3.96. The minimum atomic E-state index is -0.0482. The van der Waals surface area contributed by atoms with Gasteiger partial charge in [0.15, 0.2) is 5.78 Å². The summed E-state index contributed by atoms with van der Waals surface area (Å²) < 4.78 is 5.29. The monoisotopic (exact) mass is 204 g/mol. The Balaban J connectivity index is 2.66. The van der Waals surface area contributed by atoms with E-state index < -0.39 is 0 Å². The number of rotatable bonds is 1. The van der Waals surface area contributed by atoms with E-state index in [0.717, 1.165) is 22.4 Å². The highest BCUT2D eigenvalue weighted by Crippen LogP contribution is 2.40. The molecule has 0 aliphatic heterocycles. The minimum Gasteiger partial charge on any atom is -0.496 e. The van der Waals surface area contributed by atoms with Crippen molar-refractivity contribution in [2.45, 2.75) is 32.6 Å². The number of hydrogen-bond acceptors (Lipinski definition) is 2. The third-order valence-electron chi connectivity index (χ3n) is 3.17. The minimum absolute atomic E-state index is 0.0482. The van der Waals surface area contributed by atoms with Crippen LogP contribution >= 0.6 is 0 Å². The smallest absolute Gasteiger partial charge is 0.164 e. The number of carbonyl (C=O) groups excluding carboxylic acids is 1. The summed E-state index contributed by atoms with van der Waals surface area (Å²) in [6.45, 7) is 6.18. The molecule has 2 rings (SSSR count). The van der Waals surface area contributed by atoms with Crippen molar-refractivity contribution in [2.75, 3.05) is 7.11 Å². The Bertz CT molecular complexity index is 430. The number of carbonyl (C=O) groups is 1. The van der Waals surface area contributed by atoms with Gasteiger partial charge < -0.3 is 4.74 Å². The van der Waals surface area contributed by atoms with Gasteiger partial charge in [-0.15, -0.1) is 0 Å². The second-order valence-corrected chi connectivity index (χ2v) is 4.85. The summed E-state index contributed by atoms with van der Waals surface area (Å²) in [4.78, 5) is 11.8. The van der Waals surface area contributed by atoms with E-state index in [1.54, 1.807) is 7.11 Å². The van der Waals surface area contributed by atoms with Crippen molar-refractivity contribution in [3.63, 3.8) is 0 Å². The summed E-state index contributed by atoms with van der Waals surface area (Å²) in [5.41, 5.74) is 2.98. The van der Waals surface area contributed by atoms with Crippen LogP contribution in [0, 0.1) is 6.92 Å². The van der Waals surface area contributed by atoms with Gasteiger partial charge in [0.05, 0.1) is 7.11 Å². The highest BCUT2D eigenvalue weighted by molar-refractivity contribution is 6.02. The first-order chi connectivity index (χ1) is 6.95. The Morgan fingerprint density at radius 3 is 2.60 bits per heavy atom. The van der Waals surface area contributed by atoms with Gasteiger partial charge >= 0.3 is 0 Å². The van der Waals surface area contributed by atoms with E-state index >= 15 is 0 Å². The Kier molecular flexibility index (Phi) is 2.10. The molecule has 0 bridgehead atoms. The zero-order chi connectivity index (χ0) is 11.2. The van der Waals surface area contributed by atoms with Crippen LogP contribution < -0.4 is 4.74 Å². The third-order valence-corrected chi connectivity index (χ3v) is 3.17. The van der Waals surface area contributed by atoms with Gasteiger partial charge in [-0.3, -0.25) is 4.79 Å². The van der Waals surface area contributed by atoms with Crippen LogP contribution in [0.25, 0.3) is 0 Å². The van der Waals surface area contributed by atoms with Gasteiger partial charge in [-0.2, -0.15) is 0 Å². The zero-order valence-corrected chi connectivity index (χ0v) is 9.68. The highest BCUT2D eigenvalue weighted by Gasteiger charge is 2.36. The molecule has 2 heteroatoms. The summed E-state index contributed by atoms with van der Waals surface area (Å²) in [5.74, 6) is 1.12. The van der Waals surface area contributed by atoms with Crippen molar-refractivity contribution in [1.82, 2.24) is 0 Å². The number of aryl methyl sites for hydroxylation is 1. The first-order valence-corrected chi connectivity index (χ1v) is 5.18. The SMILES string of the molecule is COc1cc2c(cc1C)C(=O)CC2(C)C. The molecule has 0 saturated carbocycles. The molecule has 1 aromatic rings. The standard InChI is InChI=1S/C13H16O2/c1-8-5-9-10(6-12(8)15-4)13(2,3)7-11(9)14/h5-6H,7H2,1-4H3. The first kappa shape index (κ1) is 10.2. The number of ketones is 1. The number of benzene rings is 1. The van der Waals surface area contributed by atoms with Crippen molar-refractivity contribution in [1.29, 1.82) is 0 Å². The molecule has 0 heterocycles. The lowest BCUT2D eigenvalue weighted by Crippen LogP contribution is -2.12. The average Bonchev–Trinajstić information content (AvgIpc) is 2.36. The van der Waals surface area contributed by atoms with Gasteiger partial charge in [-0.25, -0.2) is 0 Å². The molecule has 1 aliphatic rings. The predicted octanol–water partition coefficient (Wildman–Crippen LogP) is 2.87. The number of hydrogen-bond donors (Lipinski definition) is 0. The van der Waals surface area contributed by atoms with Gasteiger partial charge in [0.2, 0.25) is 0 Å². The Morgan fingerprint density at radius 2 is 2.00 bits per heavy atom. The summed E-state index contributed by atoms with van der Waals surface area (Å²) in [5, 5.41) is 0. The highest BCUT2D eigenvalue weighted by atomic mass is 16.5. The van der Waals surface area contributed by atoms with Gasteiger partial charge in [-0.1, -0.05) is 13.8 Å². The van der Waals surface area contributed by atoms with E-state index in [9.17, 15) is 4.79 Å². The van der Waals surface area contributed by atoms with Gasteiger partial charge in [-0.05, 0) is 35.6 Å². The first-order valence-electron chi connectivity index (χ1n) is 5.18. The largest absolute Gasteiger partial charge is 0.496 e. The lowest BCUT2D eigenvalue weighted by molar-refractivity contribution is 0.0979. The average molecular weight is 204 g/mol. The second-order valence-electron chi connectivity index (χ2n) is 4.85. The van der Waals surface area contributed by atoms with Gasteiger partial charge in [0, 0.05) is 12.0 Å². The van der Waals surface area contributed by atoms with E-state index in [4.69, 9.17) is 4.74 Å². The van der Waals surface area contributed by atoms with Crippen LogP contribution in [0.15, 0.2) is 12.1 Å². The Morgan fingerprint density at radius 1 is 1.33 bits per heavy atom. The van der Waals surface area contributed by atoms with E-state index in [1.807, 2.05) is 19.1 Å². The molecule has 0 aromatic heterocycles. The van der Waals surface area contributed by atoms with E-state index in [1.165, 1.54) is 0 Å². The van der Waals surface area contributed by atoms with Crippen LogP contribution in [-0.4, -0.2) is 12.9 Å². The van der Waals surface area contributed by atoms with Crippen LogP contribution in [0.2, 0.25) is 0 Å². The molecule has 0 radical (unpaired) electrons. The van der Waals surface area contributed by atoms with Crippen molar-refractivity contribution in [3.05, 3.63) is 28.8 Å². The lowest BCUT2D eigenvalue weighted by atomic mass is 9.86. The normalized spacial score (nSPS) is 17.7. The predicted molar refractivity (Wildman–Crippen MR) is 59.7 cm³/mol. The Labute approximate surface area is 90.3 Å². The topological polar surface area (TPSA) is 26.3 Å². The van der Waals surface area contributed by atoms with Crippen LogP contribution in [0.1, 0.15) is 41.8 Å². The number of Topliss-reactive ketones (excluding diaryl/α,β-unsaturated/α-hetero) is 1. The van der Waals surface area contributed by atoms with Gasteiger partial charge in [0.25, 0.3) is 0 Å². The summed E-state index contributed by atoms with van der Waals surface area (Å²) >= 11 is 0. The van der Waals surface area contributed by atoms with Crippen molar-refractivity contribution in [3.8, 4) is 5.75 Å².